The number of hydrogen-bond donors (Lipinski definition) is 0. The van der Waals surface area contributed by atoms with E-state index in [4.69, 9.17) is 0 Å². The molecule has 1 aromatic carbocycles. The van der Waals surface area contributed by atoms with Crippen molar-refractivity contribution < 1.29 is 17.9 Å². The van der Waals surface area contributed by atoms with Gasteiger partial charge >= 0.3 is 0 Å². The van der Waals surface area contributed by atoms with Crippen molar-refractivity contribution >= 4 is 0 Å². The Labute approximate surface area is 89.2 Å². The standard InChI is InChI=1S/C11H6F3NO/c12-8-3-7(4-9(13)5-8)10-1-2-15(16)6-11(10)14/h1-6H. The van der Waals surface area contributed by atoms with Crippen molar-refractivity contribution in [3.8, 4) is 11.1 Å². The zero-order chi connectivity index (χ0) is 11.7. The molecule has 0 aliphatic rings. The van der Waals surface area contributed by atoms with E-state index in [9.17, 15) is 18.4 Å². The van der Waals surface area contributed by atoms with Crippen LogP contribution in [-0.2, 0) is 0 Å². The van der Waals surface area contributed by atoms with Gasteiger partial charge in [0.15, 0.2) is 12.0 Å². The fourth-order valence-corrected chi connectivity index (χ4v) is 1.40. The highest BCUT2D eigenvalue weighted by Gasteiger charge is 2.10. The predicted octanol–water partition coefficient (Wildman–Crippen LogP) is 2.40. The van der Waals surface area contributed by atoms with Crippen LogP contribution in [0.5, 0.6) is 0 Å². The summed E-state index contributed by atoms with van der Waals surface area (Å²) >= 11 is 0. The smallest absolute Gasteiger partial charge is 0.216 e. The van der Waals surface area contributed by atoms with Crippen molar-refractivity contribution in [2.24, 2.45) is 0 Å². The molecule has 0 radical (unpaired) electrons. The van der Waals surface area contributed by atoms with Gasteiger partial charge in [0, 0.05) is 17.7 Å². The van der Waals surface area contributed by atoms with E-state index in [-0.39, 0.29) is 15.9 Å². The van der Waals surface area contributed by atoms with E-state index in [2.05, 4.69) is 0 Å². The predicted molar refractivity (Wildman–Crippen MR) is 50.7 cm³/mol. The van der Waals surface area contributed by atoms with Crippen LogP contribution in [0.3, 0.4) is 0 Å². The van der Waals surface area contributed by atoms with Crippen molar-refractivity contribution in [1.82, 2.24) is 0 Å². The summed E-state index contributed by atoms with van der Waals surface area (Å²) in [4.78, 5) is 0. The van der Waals surface area contributed by atoms with Crippen LogP contribution in [0.15, 0.2) is 36.7 Å². The maximum atomic E-state index is 13.3. The van der Waals surface area contributed by atoms with Crippen LogP contribution in [0.4, 0.5) is 13.2 Å². The van der Waals surface area contributed by atoms with E-state index in [0.29, 0.717) is 12.3 Å². The van der Waals surface area contributed by atoms with E-state index in [1.165, 1.54) is 0 Å². The number of halogens is 3. The van der Waals surface area contributed by atoms with Gasteiger partial charge in [0.05, 0.1) is 0 Å². The molecule has 82 valence electrons. The Morgan fingerprint density at radius 2 is 1.62 bits per heavy atom. The number of hydrogen-bond acceptors (Lipinski definition) is 1. The third-order valence-corrected chi connectivity index (χ3v) is 2.06. The molecule has 5 heteroatoms. The molecule has 1 aromatic heterocycles. The molecule has 0 N–H and O–H groups in total. The third-order valence-electron chi connectivity index (χ3n) is 2.06. The van der Waals surface area contributed by atoms with Gasteiger partial charge in [-0.25, -0.2) is 8.78 Å². The summed E-state index contributed by atoms with van der Waals surface area (Å²) in [6, 6.07) is 3.85. The molecule has 2 aromatic rings. The minimum absolute atomic E-state index is 0.0227. The molecule has 0 unspecified atom stereocenters. The van der Waals surface area contributed by atoms with Gasteiger partial charge in [-0.15, -0.1) is 0 Å². The Kier molecular flexibility index (Phi) is 2.52. The molecule has 0 bridgehead atoms. The van der Waals surface area contributed by atoms with E-state index in [0.717, 1.165) is 24.4 Å². The summed E-state index contributed by atoms with van der Waals surface area (Å²) in [6.45, 7) is 0. The normalized spacial score (nSPS) is 10.4. The second kappa shape index (κ2) is 3.84. The van der Waals surface area contributed by atoms with Crippen LogP contribution in [0, 0.1) is 22.7 Å². The first-order chi connectivity index (χ1) is 7.56. The van der Waals surface area contributed by atoms with Crippen LogP contribution >= 0.6 is 0 Å². The van der Waals surface area contributed by atoms with Gasteiger partial charge in [-0.2, -0.15) is 9.12 Å². The Morgan fingerprint density at radius 1 is 1.00 bits per heavy atom. The molecule has 0 fully saturated rings. The Bertz CT molecular complexity index is 522. The average Bonchev–Trinajstić information content (AvgIpc) is 2.15. The minimum Gasteiger partial charge on any atom is -0.619 e. The molecular weight excluding hydrogens is 219 g/mol. The molecular formula is C11H6F3NO. The number of rotatable bonds is 1. The molecule has 0 aliphatic carbocycles. The Morgan fingerprint density at radius 3 is 2.19 bits per heavy atom. The molecule has 2 nitrogen and oxygen atoms in total. The van der Waals surface area contributed by atoms with Gasteiger partial charge in [0.1, 0.15) is 11.6 Å². The lowest BCUT2D eigenvalue weighted by Gasteiger charge is -2.03. The quantitative estimate of drug-likeness (QED) is 0.540. The third kappa shape index (κ3) is 1.98. The first-order valence-electron chi connectivity index (χ1n) is 4.41. The Balaban J connectivity index is 2.58. The second-order valence-electron chi connectivity index (χ2n) is 3.22. The molecule has 0 aliphatic heterocycles. The highest BCUT2D eigenvalue weighted by molar-refractivity contribution is 5.63. The molecule has 2 rings (SSSR count). The summed E-state index contributed by atoms with van der Waals surface area (Å²) in [7, 11) is 0. The lowest BCUT2D eigenvalue weighted by Crippen LogP contribution is -2.25. The lowest BCUT2D eigenvalue weighted by molar-refractivity contribution is -0.607. The molecule has 1 heterocycles. The van der Waals surface area contributed by atoms with Crippen LogP contribution in [-0.4, -0.2) is 0 Å². The maximum Gasteiger partial charge on any atom is 0.216 e. The summed E-state index contributed by atoms with van der Waals surface area (Å²) in [6.07, 6.45) is 1.75. The fraction of sp³-hybridized carbons (Fsp3) is 0. The minimum atomic E-state index is -0.831. The van der Waals surface area contributed by atoms with Crippen LogP contribution in [0.2, 0.25) is 0 Å². The van der Waals surface area contributed by atoms with E-state index in [1.54, 1.807) is 0 Å². The van der Waals surface area contributed by atoms with Crippen molar-refractivity contribution in [2.75, 3.05) is 0 Å². The topological polar surface area (TPSA) is 26.9 Å². The molecule has 0 atom stereocenters. The molecule has 0 saturated carbocycles. The van der Waals surface area contributed by atoms with E-state index in [1.807, 2.05) is 0 Å². The highest BCUT2D eigenvalue weighted by Crippen LogP contribution is 2.23. The van der Waals surface area contributed by atoms with Gasteiger partial charge in [-0.05, 0) is 17.7 Å². The van der Waals surface area contributed by atoms with Crippen LogP contribution in [0.1, 0.15) is 0 Å². The van der Waals surface area contributed by atoms with Gasteiger partial charge in [0.25, 0.3) is 0 Å². The first kappa shape index (κ1) is 10.5. The van der Waals surface area contributed by atoms with E-state index >= 15 is 0 Å². The van der Waals surface area contributed by atoms with Crippen molar-refractivity contribution in [2.45, 2.75) is 0 Å². The van der Waals surface area contributed by atoms with Crippen LogP contribution < -0.4 is 4.73 Å². The summed E-state index contributed by atoms with van der Waals surface area (Å²) in [5, 5.41) is 10.7. The number of pyridine rings is 1. The molecule has 0 saturated heterocycles. The Hall–Kier alpha value is -2.04. The van der Waals surface area contributed by atoms with Gasteiger partial charge in [-0.1, -0.05) is 0 Å². The molecule has 0 amide bonds. The summed E-state index contributed by atoms with van der Waals surface area (Å²) in [5.74, 6) is -2.43. The van der Waals surface area contributed by atoms with Gasteiger partial charge in [0.2, 0.25) is 6.20 Å². The van der Waals surface area contributed by atoms with Crippen LogP contribution in [0.25, 0.3) is 11.1 Å². The van der Waals surface area contributed by atoms with Crippen molar-refractivity contribution in [3.05, 3.63) is 59.3 Å². The van der Waals surface area contributed by atoms with Crippen molar-refractivity contribution in [1.29, 1.82) is 0 Å². The van der Waals surface area contributed by atoms with Gasteiger partial charge < -0.3 is 5.21 Å². The number of nitrogens with zero attached hydrogens (tertiary/aromatic N) is 1. The monoisotopic (exact) mass is 225 g/mol. The van der Waals surface area contributed by atoms with Crippen molar-refractivity contribution in [3.63, 3.8) is 0 Å². The highest BCUT2D eigenvalue weighted by atomic mass is 19.1. The molecule has 16 heavy (non-hydrogen) atoms. The number of aromatic nitrogens is 1. The summed E-state index contributed by atoms with van der Waals surface area (Å²) in [5.41, 5.74) is 0.0288. The van der Waals surface area contributed by atoms with E-state index < -0.39 is 17.5 Å². The van der Waals surface area contributed by atoms with Gasteiger partial charge in [-0.3, -0.25) is 0 Å². The average molecular weight is 225 g/mol. The second-order valence-corrected chi connectivity index (χ2v) is 3.22. The zero-order valence-corrected chi connectivity index (χ0v) is 7.95. The summed E-state index contributed by atoms with van der Waals surface area (Å²) < 4.78 is 39.4. The lowest BCUT2D eigenvalue weighted by atomic mass is 10.1. The SMILES string of the molecule is [O-][n+]1ccc(-c2cc(F)cc(F)c2)c(F)c1. The maximum absolute atomic E-state index is 13.3. The molecule has 0 spiro atoms. The fourth-order valence-electron chi connectivity index (χ4n) is 1.40. The zero-order valence-electron chi connectivity index (χ0n) is 7.95. The first-order valence-corrected chi connectivity index (χ1v) is 4.41. The largest absolute Gasteiger partial charge is 0.619 e. The number of benzene rings is 1.